The van der Waals surface area contributed by atoms with Gasteiger partial charge >= 0.3 is 0 Å². The first-order valence-electron chi connectivity index (χ1n) is 6.32. The Morgan fingerprint density at radius 1 is 1.19 bits per heavy atom. The minimum absolute atomic E-state index is 0.244. The molecule has 1 rings (SSSR count). The molecule has 2 N–H and O–H groups in total. The lowest BCUT2D eigenvalue weighted by Gasteiger charge is -2.06. The molecule has 1 fully saturated rings. The van der Waals surface area contributed by atoms with E-state index in [9.17, 15) is 8.42 Å². The second-order valence-electron chi connectivity index (χ2n) is 4.55. The van der Waals surface area contributed by atoms with Gasteiger partial charge in [-0.05, 0) is 38.3 Å². The first-order valence-corrected chi connectivity index (χ1v) is 7.97. The van der Waals surface area contributed by atoms with E-state index in [2.05, 4.69) is 17.0 Å². The summed E-state index contributed by atoms with van der Waals surface area (Å²) in [7, 11) is -3.03. The second-order valence-corrected chi connectivity index (χ2v) is 6.48. The Kier molecular flexibility index (Phi) is 6.31. The van der Waals surface area contributed by atoms with Crippen LogP contribution in [0.5, 0.6) is 0 Å². The molecule has 0 atom stereocenters. The molecule has 1 aliphatic rings. The largest absolute Gasteiger partial charge is 0.317 e. The van der Waals surface area contributed by atoms with Gasteiger partial charge in [0.05, 0.1) is 5.75 Å². The Morgan fingerprint density at radius 3 is 2.56 bits per heavy atom. The van der Waals surface area contributed by atoms with E-state index in [-0.39, 0.29) is 5.75 Å². The van der Waals surface area contributed by atoms with Crippen molar-refractivity contribution in [3.05, 3.63) is 0 Å². The Balaban J connectivity index is 1.98. The average Bonchev–Trinajstić information content (AvgIpc) is 3.01. The zero-order chi connectivity index (χ0) is 11.9. The number of rotatable bonds is 10. The fourth-order valence-corrected chi connectivity index (χ4v) is 2.68. The molecule has 0 aromatic rings. The molecule has 0 spiro atoms. The quantitative estimate of drug-likeness (QED) is 0.569. The van der Waals surface area contributed by atoms with Gasteiger partial charge in [0, 0.05) is 6.54 Å². The molecule has 0 unspecified atom stereocenters. The van der Waals surface area contributed by atoms with Crippen LogP contribution in [0.25, 0.3) is 0 Å². The van der Waals surface area contributed by atoms with E-state index in [1.807, 2.05) is 0 Å². The minimum Gasteiger partial charge on any atom is -0.317 e. The molecule has 0 amide bonds. The van der Waals surface area contributed by atoms with Crippen molar-refractivity contribution in [2.45, 2.75) is 39.0 Å². The molecule has 0 aliphatic heterocycles. The molecular formula is C11H24N2O2S. The summed E-state index contributed by atoms with van der Waals surface area (Å²) in [6.07, 6.45) is 5.35. The molecule has 0 radical (unpaired) electrons. The lowest BCUT2D eigenvalue weighted by Crippen LogP contribution is -2.29. The van der Waals surface area contributed by atoms with Crippen LogP contribution in [0.2, 0.25) is 0 Å². The van der Waals surface area contributed by atoms with Crippen molar-refractivity contribution in [2.24, 2.45) is 5.92 Å². The van der Waals surface area contributed by atoms with Crippen LogP contribution < -0.4 is 10.0 Å². The van der Waals surface area contributed by atoms with Crippen molar-refractivity contribution in [1.29, 1.82) is 0 Å². The van der Waals surface area contributed by atoms with Crippen LogP contribution in [0.15, 0.2) is 0 Å². The monoisotopic (exact) mass is 248 g/mol. The summed E-state index contributed by atoms with van der Waals surface area (Å²) in [4.78, 5) is 0. The molecular weight excluding hydrogens is 224 g/mol. The van der Waals surface area contributed by atoms with Crippen LogP contribution in [0.1, 0.15) is 39.0 Å². The minimum atomic E-state index is -3.03. The highest BCUT2D eigenvalue weighted by Gasteiger charge is 2.21. The van der Waals surface area contributed by atoms with Gasteiger partial charge in [-0.15, -0.1) is 0 Å². The summed E-state index contributed by atoms with van der Waals surface area (Å²) in [5.74, 6) is 1.03. The second kappa shape index (κ2) is 7.25. The van der Waals surface area contributed by atoms with Gasteiger partial charge in [0.25, 0.3) is 0 Å². The maximum Gasteiger partial charge on any atom is 0.211 e. The predicted octanol–water partition coefficient (Wildman–Crippen LogP) is 1.10. The van der Waals surface area contributed by atoms with Gasteiger partial charge in [0.1, 0.15) is 0 Å². The van der Waals surface area contributed by atoms with Gasteiger partial charge in [-0.1, -0.05) is 19.8 Å². The Morgan fingerprint density at radius 2 is 1.94 bits per heavy atom. The summed E-state index contributed by atoms with van der Waals surface area (Å²) in [5.41, 5.74) is 0. The molecule has 16 heavy (non-hydrogen) atoms. The third-order valence-corrected chi connectivity index (χ3v) is 4.23. The van der Waals surface area contributed by atoms with Crippen molar-refractivity contribution in [1.82, 2.24) is 10.0 Å². The molecule has 4 nitrogen and oxygen atoms in total. The molecule has 1 saturated carbocycles. The molecule has 5 heteroatoms. The van der Waals surface area contributed by atoms with Gasteiger partial charge in [-0.2, -0.15) is 0 Å². The summed E-state index contributed by atoms with van der Waals surface area (Å²) < 4.78 is 25.7. The van der Waals surface area contributed by atoms with E-state index in [1.54, 1.807) is 0 Å². The van der Waals surface area contributed by atoms with E-state index in [1.165, 1.54) is 12.8 Å². The van der Waals surface area contributed by atoms with E-state index in [0.717, 1.165) is 31.8 Å². The third kappa shape index (κ3) is 7.19. The first-order chi connectivity index (χ1) is 7.64. The summed E-state index contributed by atoms with van der Waals surface area (Å²) in [6, 6.07) is 0. The number of sulfonamides is 1. The van der Waals surface area contributed by atoms with Crippen molar-refractivity contribution in [3.63, 3.8) is 0 Å². The highest BCUT2D eigenvalue weighted by Crippen LogP contribution is 2.31. The van der Waals surface area contributed by atoms with E-state index < -0.39 is 10.0 Å². The fourth-order valence-electron chi connectivity index (χ4n) is 1.59. The molecule has 0 saturated heterocycles. The van der Waals surface area contributed by atoms with Crippen LogP contribution in [0, 0.1) is 5.92 Å². The maximum atomic E-state index is 11.5. The van der Waals surface area contributed by atoms with Gasteiger partial charge in [0.15, 0.2) is 0 Å². The standard InChI is InChI=1S/C11H24N2O2S/c1-2-7-12-8-3-10-16(14,15)13-9-6-11-4-5-11/h11-13H,2-10H2,1H3. The smallest absolute Gasteiger partial charge is 0.211 e. The van der Waals surface area contributed by atoms with Crippen LogP contribution in [0.3, 0.4) is 0 Å². The van der Waals surface area contributed by atoms with Gasteiger partial charge < -0.3 is 5.32 Å². The molecule has 1 aliphatic carbocycles. The van der Waals surface area contributed by atoms with Crippen LogP contribution in [0.4, 0.5) is 0 Å². The van der Waals surface area contributed by atoms with Crippen molar-refractivity contribution in [3.8, 4) is 0 Å². The van der Waals surface area contributed by atoms with E-state index in [4.69, 9.17) is 0 Å². The van der Waals surface area contributed by atoms with Crippen LogP contribution in [-0.4, -0.2) is 33.8 Å². The lowest BCUT2D eigenvalue weighted by atomic mass is 10.3. The highest BCUT2D eigenvalue weighted by atomic mass is 32.2. The normalized spacial score (nSPS) is 16.6. The van der Waals surface area contributed by atoms with Crippen LogP contribution >= 0.6 is 0 Å². The predicted molar refractivity (Wildman–Crippen MR) is 66.9 cm³/mol. The highest BCUT2D eigenvalue weighted by molar-refractivity contribution is 7.89. The van der Waals surface area contributed by atoms with E-state index in [0.29, 0.717) is 13.0 Å². The van der Waals surface area contributed by atoms with Gasteiger partial charge in [-0.25, -0.2) is 13.1 Å². The lowest BCUT2D eigenvalue weighted by molar-refractivity contribution is 0.569. The summed E-state index contributed by atoms with van der Waals surface area (Å²) >= 11 is 0. The topological polar surface area (TPSA) is 58.2 Å². The zero-order valence-corrected chi connectivity index (χ0v) is 11.0. The Hall–Kier alpha value is -0.130. The number of hydrogen-bond donors (Lipinski definition) is 2. The van der Waals surface area contributed by atoms with Crippen LogP contribution in [-0.2, 0) is 10.0 Å². The number of nitrogens with one attached hydrogen (secondary N) is 2. The van der Waals surface area contributed by atoms with Crippen molar-refractivity contribution in [2.75, 3.05) is 25.4 Å². The summed E-state index contributed by atoms with van der Waals surface area (Å²) in [6.45, 7) is 4.48. The maximum absolute atomic E-state index is 11.5. The molecule has 96 valence electrons. The third-order valence-electron chi connectivity index (χ3n) is 2.76. The average molecular weight is 248 g/mol. The Labute approximate surface area is 99.2 Å². The fraction of sp³-hybridized carbons (Fsp3) is 1.00. The van der Waals surface area contributed by atoms with Crippen molar-refractivity contribution < 1.29 is 8.42 Å². The van der Waals surface area contributed by atoms with Gasteiger partial charge in [-0.3, -0.25) is 0 Å². The molecule has 0 bridgehead atoms. The van der Waals surface area contributed by atoms with Gasteiger partial charge in [0.2, 0.25) is 10.0 Å². The summed E-state index contributed by atoms with van der Waals surface area (Å²) in [5, 5.41) is 3.20. The van der Waals surface area contributed by atoms with E-state index >= 15 is 0 Å². The molecule has 0 heterocycles. The SMILES string of the molecule is CCCNCCCS(=O)(=O)NCCC1CC1. The first kappa shape index (κ1) is 13.9. The molecule has 0 aromatic heterocycles. The molecule has 0 aromatic carbocycles. The zero-order valence-electron chi connectivity index (χ0n) is 10.2. The number of hydrogen-bond acceptors (Lipinski definition) is 3. The van der Waals surface area contributed by atoms with Crippen molar-refractivity contribution >= 4 is 10.0 Å². The Bertz CT molecular complexity index is 274.